The Bertz CT molecular complexity index is 1630. The van der Waals surface area contributed by atoms with E-state index in [2.05, 4.69) is 61.0 Å². The van der Waals surface area contributed by atoms with Crippen LogP contribution in [0.2, 0.25) is 0 Å². The zero-order chi connectivity index (χ0) is 32.6. The molecule has 2 aromatic heterocycles. The number of hydrogen-bond acceptors (Lipinski definition) is 12. The maximum absolute atomic E-state index is 10.3. The molecule has 0 amide bonds. The largest absolute Gasteiger partial charge is 0.481 e. The van der Waals surface area contributed by atoms with Crippen LogP contribution in [-0.4, -0.2) is 95.1 Å². The fourth-order valence-electron chi connectivity index (χ4n) is 4.40. The van der Waals surface area contributed by atoms with E-state index < -0.39 is 36.4 Å². The third kappa shape index (κ3) is 8.65. The molecule has 3 heterocycles. The molecule has 238 valence electrons. The number of aromatic nitrogens is 5. The van der Waals surface area contributed by atoms with Crippen molar-refractivity contribution in [1.29, 1.82) is 0 Å². The lowest BCUT2D eigenvalue weighted by atomic mass is 9.96. The van der Waals surface area contributed by atoms with Gasteiger partial charge in [0.2, 0.25) is 17.7 Å². The average Bonchev–Trinajstić information content (AvgIpc) is 3.64. The lowest BCUT2D eigenvalue weighted by Crippen LogP contribution is -2.42. The molecule has 1 aliphatic heterocycles. The van der Waals surface area contributed by atoms with Gasteiger partial charge >= 0.3 is 17.9 Å². The van der Waals surface area contributed by atoms with E-state index in [1.54, 1.807) is 0 Å². The Morgan fingerprint density at radius 1 is 0.956 bits per heavy atom. The van der Waals surface area contributed by atoms with E-state index in [9.17, 15) is 14.4 Å². The lowest BCUT2D eigenvalue weighted by Gasteiger charge is -2.28. The molecule has 4 aromatic rings. The van der Waals surface area contributed by atoms with Crippen molar-refractivity contribution in [3.05, 3.63) is 65.5 Å². The maximum Gasteiger partial charge on any atom is 0.336 e. The van der Waals surface area contributed by atoms with Gasteiger partial charge < -0.3 is 34.6 Å². The molecule has 0 aliphatic carbocycles. The molecule has 0 atom stereocenters. The molecule has 1 saturated heterocycles. The summed E-state index contributed by atoms with van der Waals surface area (Å²) in [5, 5.41) is 47.8. The Labute approximate surface area is 261 Å². The predicted octanol–water partition coefficient (Wildman–Crippen LogP) is 2.81. The highest BCUT2D eigenvalue weighted by molar-refractivity contribution is 7.98. The van der Waals surface area contributed by atoms with Crippen LogP contribution in [0.5, 0.6) is 0 Å². The number of nitrogens with zero attached hydrogens (tertiary/aromatic N) is 6. The minimum atomic E-state index is -2.74. The summed E-state index contributed by atoms with van der Waals surface area (Å²) in [5.74, 6) is -2.53. The van der Waals surface area contributed by atoms with Gasteiger partial charge in [-0.15, -0.1) is 10.2 Å². The minimum absolute atomic E-state index is 0.506. The zero-order valence-electron chi connectivity index (χ0n) is 24.5. The highest BCUT2D eigenvalue weighted by atomic mass is 32.2. The number of carboxylic acids is 3. The van der Waals surface area contributed by atoms with Crippen molar-refractivity contribution >= 4 is 35.6 Å². The second-order valence-corrected chi connectivity index (χ2v) is 11.1. The molecule has 1 fully saturated rings. The number of thioether (sulfide) groups is 1. The Morgan fingerprint density at radius 2 is 1.64 bits per heavy atom. The number of aryl methyl sites for hydroxylation is 2. The standard InChI is InChI=1S/C23H24N6O2S.C6H8O7/c1-16-6-5-8-18(14-16)29-22(28-10-12-30-13-11-28)25-26-23(29)32-15-20-24-21(27-31-20)19-9-4-3-7-17(19)2;7-3(8)1-6(13,5(11)12)2-4(9)10/h3-9,14H,10-13,15H2,1-2H3;13H,1-2H2,(H,7,8)(H,9,10)(H,11,12). The van der Waals surface area contributed by atoms with Crippen molar-refractivity contribution in [2.45, 2.75) is 43.2 Å². The van der Waals surface area contributed by atoms with Gasteiger partial charge in [0.15, 0.2) is 10.8 Å². The van der Waals surface area contributed by atoms with Crippen LogP contribution in [0.25, 0.3) is 17.1 Å². The molecule has 1 aliphatic rings. The van der Waals surface area contributed by atoms with Crippen LogP contribution < -0.4 is 4.90 Å². The summed E-state index contributed by atoms with van der Waals surface area (Å²) in [6.45, 7) is 7.08. The van der Waals surface area contributed by atoms with Gasteiger partial charge in [0, 0.05) is 18.7 Å². The van der Waals surface area contributed by atoms with E-state index in [0.717, 1.165) is 41.0 Å². The van der Waals surface area contributed by atoms with Crippen molar-refractivity contribution in [2.75, 3.05) is 31.2 Å². The SMILES string of the molecule is Cc1cccc(-n2c(SCc3nc(-c4ccccc4C)no3)nnc2N2CCOCC2)c1.O=C(O)CC(O)(CC(=O)O)C(=O)O. The second-order valence-electron chi connectivity index (χ2n) is 10.1. The zero-order valence-corrected chi connectivity index (χ0v) is 25.3. The van der Waals surface area contributed by atoms with Crippen molar-refractivity contribution in [3.8, 4) is 17.1 Å². The molecular weight excluding hydrogens is 608 g/mol. The quantitative estimate of drug-likeness (QED) is 0.173. The summed E-state index contributed by atoms with van der Waals surface area (Å²) in [5.41, 5.74) is 1.56. The monoisotopic (exact) mass is 640 g/mol. The van der Waals surface area contributed by atoms with Crippen molar-refractivity contribution in [1.82, 2.24) is 24.9 Å². The third-order valence-corrected chi connectivity index (χ3v) is 7.55. The predicted molar refractivity (Wildman–Crippen MR) is 160 cm³/mol. The van der Waals surface area contributed by atoms with Crippen molar-refractivity contribution in [3.63, 3.8) is 0 Å². The fraction of sp³-hybridized carbons (Fsp3) is 0.345. The fourth-order valence-corrected chi connectivity index (χ4v) is 5.19. The van der Waals surface area contributed by atoms with Crippen LogP contribution in [0.3, 0.4) is 0 Å². The molecule has 0 bridgehead atoms. The number of benzene rings is 2. The Hall–Kier alpha value is -4.80. The van der Waals surface area contributed by atoms with Gasteiger partial charge in [-0.3, -0.25) is 14.2 Å². The molecule has 0 saturated carbocycles. The molecule has 0 spiro atoms. The molecule has 45 heavy (non-hydrogen) atoms. The van der Waals surface area contributed by atoms with E-state index in [-0.39, 0.29) is 0 Å². The van der Waals surface area contributed by atoms with Crippen molar-refractivity contribution in [2.24, 2.45) is 0 Å². The number of carboxylic acid groups (broad SMARTS) is 3. The second kappa shape index (κ2) is 14.8. The molecule has 0 unspecified atom stereocenters. The van der Waals surface area contributed by atoms with Gasteiger partial charge in [-0.25, -0.2) is 4.79 Å². The molecule has 0 radical (unpaired) electrons. The van der Waals surface area contributed by atoms with Gasteiger partial charge in [0.05, 0.1) is 37.5 Å². The summed E-state index contributed by atoms with van der Waals surface area (Å²) in [4.78, 5) is 37.3. The van der Waals surface area contributed by atoms with E-state index in [1.165, 1.54) is 17.3 Å². The number of carbonyl (C=O) groups is 3. The summed E-state index contributed by atoms with van der Waals surface area (Å²) in [7, 11) is 0. The Balaban J connectivity index is 0.000000302. The van der Waals surface area contributed by atoms with Crippen LogP contribution in [0.1, 0.15) is 29.9 Å². The first-order chi connectivity index (χ1) is 21.5. The average molecular weight is 641 g/mol. The van der Waals surface area contributed by atoms with E-state index >= 15 is 0 Å². The summed E-state index contributed by atoms with van der Waals surface area (Å²) < 4.78 is 13.1. The maximum atomic E-state index is 10.3. The van der Waals surface area contributed by atoms with Crippen LogP contribution in [-0.2, 0) is 24.9 Å². The minimum Gasteiger partial charge on any atom is -0.481 e. The number of aliphatic carboxylic acids is 3. The first kappa shape index (κ1) is 33.1. The summed E-state index contributed by atoms with van der Waals surface area (Å²) in [6, 6.07) is 16.4. The van der Waals surface area contributed by atoms with E-state index in [0.29, 0.717) is 30.7 Å². The number of hydrogen-bond donors (Lipinski definition) is 4. The van der Waals surface area contributed by atoms with Crippen LogP contribution >= 0.6 is 11.8 Å². The molecule has 2 aromatic carbocycles. The molecule has 16 heteroatoms. The lowest BCUT2D eigenvalue weighted by molar-refractivity contribution is -0.170. The molecule has 15 nitrogen and oxygen atoms in total. The van der Waals surface area contributed by atoms with Gasteiger partial charge in [0.25, 0.3) is 0 Å². The summed E-state index contributed by atoms with van der Waals surface area (Å²) >= 11 is 1.53. The number of anilines is 1. The van der Waals surface area contributed by atoms with Crippen molar-refractivity contribution < 1.29 is 44.1 Å². The van der Waals surface area contributed by atoms with Crippen LogP contribution in [0.4, 0.5) is 5.95 Å². The number of ether oxygens (including phenoxy) is 1. The Morgan fingerprint density at radius 3 is 2.27 bits per heavy atom. The van der Waals surface area contributed by atoms with Crippen LogP contribution in [0.15, 0.2) is 58.2 Å². The molecule has 5 rings (SSSR count). The van der Waals surface area contributed by atoms with E-state index in [1.807, 2.05) is 31.2 Å². The van der Waals surface area contributed by atoms with Gasteiger partial charge in [0.1, 0.15) is 0 Å². The summed E-state index contributed by atoms with van der Waals surface area (Å²) in [6.07, 6.45) is -2.29. The number of morpholine rings is 1. The number of rotatable bonds is 11. The van der Waals surface area contributed by atoms with E-state index in [4.69, 9.17) is 29.7 Å². The van der Waals surface area contributed by atoms with Gasteiger partial charge in [-0.2, -0.15) is 4.98 Å². The Kier molecular flexibility index (Phi) is 10.9. The first-order valence-electron chi connectivity index (χ1n) is 13.7. The smallest absolute Gasteiger partial charge is 0.336 e. The number of aliphatic hydroxyl groups is 1. The topological polar surface area (TPSA) is 214 Å². The highest BCUT2D eigenvalue weighted by Gasteiger charge is 2.40. The molecular formula is C29H32N6O9S. The normalized spacial score (nSPS) is 13.2. The third-order valence-electron chi connectivity index (χ3n) is 6.63. The van der Waals surface area contributed by atoms with Gasteiger partial charge in [-0.1, -0.05) is 53.3 Å². The van der Waals surface area contributed by atoms with Crippen LogP contribution in [0, 0.1) is 13.8 Å². The van der Waals surface area contributed by atoms with Gasteiger partial charge in [-0.05, 0) is 37.1 Å². The molecule has 4 N–H and O–H groups in total. The highest BCUT2D eigenvalue weighted by Crippen LogP contribution is 2.30. The first-order valence-corrected chi connectivity index (χ1v) is 14.7.